The fourth-order valence-corrected chi connectivity index (χ4v) is 2.23. The molecule has 1 aromatic heterocycles. The highest BCUT2D eigenvalue weighted by atomic mass is 16.5. The number of hydrogen-bond donors (Lipinski definition) is 1. The number of para-hydroxylation sites is 1. The zero-order valence-corrected chi connectivity index (χ0v) is 13.3. The Hall–Kier alpha value is -2.01. The summed E-state index contributed by atoms with van der Waals surface area (Å²) in [6, 6.07) is 8.24. The highest BCUT2D eigenvalue weighted by molar-refractivity contribution is 5.51. The third kappa shape index (κ3) is 3.76. The van der Waals surface area contributed by atoms with Crippen molar-refractivity contribution in [3.8, 4) is 0 Å². The third-order valence-electron chi connectivity index (χ3n) is 3.40. The number of aromatic nitrogens is 2. The number of hydrogen-bond acceptors (Lipinski definition) is 4. The molecule has 0 saturated carbocycles. The smallest absolute Gasteiger partial charge is 0.204 e. The van der Waals surface area contributed by atoms with Gasteiger partial charge in [0.15, 0.2) is 0 Å². The van der Waals surface area contributed by atoms with Crippen molar-refractivity contribution in [2.24, 2.45) is 7.05 Å². The number of benzene rings is 1. The van der Waals surface area contributed by atoms with Crippen molar-refractivity contribution in [2.75, 3.05) is 30.9 Å². The predicted octanol–water partition coefficient (Wildman–Crippen LogP) is 2.63. The summed E-state index contributed by atoms with van der Waals surface area (Å²) in [4.78, 5) is 6.43. The van der Waals surface area contributed by atoms with Gasteiger partial charge < -0.3 is 19.5 Å². The first-order valence-electron chi connectivity index (χ1n) is 7.21. The summed E-state index contributed by atoms with van der Waals surface area (Å²) >= 11 is 0. The van der Waals surface area contributed by atoms with Crippen molar-refractivity contribution in [3.63, 3.8) is 0 Å². The molecule has 1 aromatic carbocycles. The van der Waals surface area contributed by atoms with Crippen LogP contribution in [0.15, 0.2) is 30.5 Å². The van der Waals surface area contributed by atoms with Crippen molar-refractivity contribution < 1.29 is 4.74 Å². The minimum Gasteiger partial charge on any atom is -0.379 e. The summed E-state index contributed by atoms with van der Waals surface area (Å²) in [5, 5.41) is 3.47. The van der Waals surface area contributed by atoms with Crippen molar-refractivity contribution in [2.45, 2.75) is 20.1 Å². The fraction of sp³-hybridized carbons (Fsp3) is 0.438. The van der Waals surface area contributed by atoms with Crippen LogP contribution in [0.5, 0.6) is 0 Å². The van der Waals surface area contributed by atoms with Gasteiger partial charge in [0.05, 0.1) is 25.0 Å². The van der Waals surface area contributed by atoms with Crippen LogP contribution in [0, 0.1) is 0 Å². The summed E-state index contributed by atoms with van der Waals surface area (Å²) in [6.45, 7) is 4.10. The summed E-state index contributed by atoms with van der Waals surface area (Å²) in [5.74, 6) is 0.953. The average Bonchev–Trinajstić information content (AvgIpc) is 2.85. The Labute approximate surface area is 126 Å². The van der Waals surface area contributed by atoms with Crippen LogP contribution in [-0.4, -0.2) is 30.3 Å². The van der Waals surface area contributed by atoms with E-state index < -0.39 is 0 Å². The van der Waals surface area contributed by atoms with Crippen molar-refractivity contribution in [1.82, 2.24) is 9.55 Å². The van der Waals surface area contributed by atoms with Crippen LogP contribution >= 0.6 is 0 Å². The van der Waals surface area contributed by atoms with Gasteiger partial charge in [0.25, 0.3) is 0 Å². The molecule has 0 amide bonds. The maximum atomic E-state index is 5.51. The average molecular weight is 288 g/mol. The molecular formula is C16H24N4O. The van der Waals surface area contributed by atoms with E-state index >= 15 is 0 Å². The summed E-state index contributed by atoms with van der Waals surface area (Å²) in [6.07, 6.45) is 1.91. The Kier molecular flexibility index (Phi) is 5.22. The van der Waals surface area contributed by atoms with E-state index in [2.05, 4.69) is 27.0 Å². The van der Waals surface area contributed by atoms with E-state index in [0.717, 1.165) is 30.5 Å². The number of rotatable bonds is 7. The largest absolute Gasteiger partial charge is 0.379 e. The lowest BCUT2D eigenvalue weighted by Crippen LogP contribution is -2.15. The molecule has 5 nitrogen and oxygen atoms in total. The van der Waals surface area contributed by atoms with Gasteiger partial charge >= 0.3 is 0 Å². The standard InChI is InChI=1S/C16H24N4O/c1-5-21-12-13-8-6-7-9-15(13)17-10-14-11-18-16(19(2)3)20(14)4/h6-9,11,17H,5,10,12H2,1-4H3. The molecule has 0 bridgehead atoms. The molecule has 2 aromatic rings. The molecule has 0 unspecified atom stereocenters. The monoisotopic (exact) mass is 288 g/mol. The Morgan fingerprint density at radius 2 is 2.05 bits per heavy atom. The molecule has 2 rings (SSSR count). The van der Waals surface area contributed by atoms with Crippen LogP contribution in [0.1, 0.15) is 18.2 Å². The van der Waals surface area contributed by atoms with Gasteiger partial charge in [-0.1, -0.05) is 18.2 Å². The van der Waals surface area contributed by atoms with E-state index in [-0.39, 0.29) is 0 Å². The molecule has 0 atom stereocenters. The molecule has 0 aliphatic heterocycles. The van der Waals surface area contributed by atoms with Crippen LogP contribution in [0.2, 0.25) is 0 Å². The van der Waals surface area contributed by atoms with Gasteiger partial charge in [0, 0.05) is 39.0 Å². The minimum atomic E-state index is 0.633. The molecule has 0 radical (unpaired) electrons. The SMILES string of the molecule is CCOCc1ccccc1NCc1cnc(N(C)C)n1C. The molecule has 0 spiro atoms. The van der Waals surface area contributed by atoms with Crippen LogP contribution in [0.4, 0.5) is 11.6 Å². The number of anilines is 2. The number of imidazole rings is 1. The molecule has 21 heavy (non-hydrogen) atoms. The van der Waals surface area contributed by atoms with E-state index in [1.807, 2.05) is 51.3 Å². The second kappa shape index (κ2) is 7.13. The van der Waals surface area contributed by atoms with Crippen LogP contribution < -0.4 is 10.2 Å². The predicted molar refractivity (Wildman–Crippen MR) is 86.6 cm³/mol. The molecule has 114 valence electrons. The Balaban J connectivity index is 2.06. The number of nitrogens with zero attached hydrogens (tertiary/aromatic N) is 3. The van der Waals surface area contributed by atoms with Gasteiger partial charge in [-0.15, -0.1) is 0 Å². The minimum absolute atomic E-state index is 0.633. The molecule has 0 fully saturated rings. The van der Waals surface area contributed by atoms with Crippen molar-refractivity contribution in [3.05, 3.63) is 41.7 Å². The number of ether oxygens (including phenoxy) is 1. The molecule has 0 aliphatic rings. The maximum absolute atomic E-state index is 5.51. The molecule has 5 heteroatoms. The number of nitrogens with one attached hydrogen (secondary N) is 1. The van der Waals surface area contributed by atoms with Crippen LogP contribution in [0.3, 0.4) is 0 Å². The highest BCUT2D eigenvalue weighted by Gasteiger charge is 2.08. The molecule has 0 aliphatic carbocycles. The van der Waals surface area contributed by atoms with Gasteiger partial charge in [0.2, 0.25) is 5.95 Å². The van der Waals surface area contributed by atoms with E-state index in [4.69, 9.17) is 4.74 Å². The van der Waals surface area contributed by atoms with Crippen LogP contribution in [-0.2, 0) is 24.9 Å². The lowest BCUT2D eigenvalue weighted by atomic mass is 10.2. The van der Waals surface area contributed by atoms with Gasteiger partial charge in [-0.3, -0.25) is 0 Å². The van der Waals surface area contributed by atoms with Crippen molar-refractivity contribution in [1.29, 1.82) is 0 Å². The van der Waals surface area contributed by atoms with E-state index in [1.54, 1.807) is 0 Å². The third-order valence-corrected chi connectivity index (χ3v) is 3.40. The summed E-state index contributed by atoms with van der Waals surface area (Å²) < 4.78 is 7.60. The van der Waals surface area contributed by atoms with E-state index in [0.29, 0.717) is 6.61 Å². The zero-order chi connectivity index (χ0) is 15.2. The van der Waals surface area contributed by atoms with Gasteiger partial charge in [-0.25, -0.2) is 4.98 Å². The lowest BCUT2D eigenvalue weighted by Gasteiger charge is -2.14. The first-order valence-corrected chi connectivity index (χ1v) is 7.21. The van der Waals surface area contributed by atoms with Gasteiger partial charge in [-0.2, -0.15) is 0 Å². The quantitative estimate of drug-likeness (QED) is 0.850. The van der Waals surface area contributed by atoms with E-state index in [1.165, 1.54) is 5.56 Å². The highest BCUT2D eigenvalue weighted by Crippen LogP contribution is 2.18. The van der Waals surface area contributed by atoms with Gasteiger partial charge in [0.1, 0.15) is 0 Å². The second-order valence-corrected chi connectivity index (χ2v) is 5.15. The summed E-state index contributed by atoms with van der Waals surface area (Å²) in [7, 11) is 6.03. The lowest BCUT2D eigenvalue weighted by molar-refractivity contribution is 0.134. The van der Waals surface area contributed by atoms with Crippen LogP contribution in [0.25, 0.3) is 0 Å². The molecular weight excluding hydrogens is 264 g/mol. The first kappa shape index (κ1) is 15.4. The normalized spacial score (nSPS) is 10.7. The Bertz CT molecular complexity index is 577. The Morgan fingerprint density at radius 1 is 1.29 bits per heavy atom. The zero-order valence-electron chi connectivity index (χ0n) is 13.3. The Morgan fingerprint density at radius 3 is 2.71 bits per heavy atom. The van der Waals surface area contributed by atoms with Crippen molar-refractivity contribution >= 4 is 11.6 Å². The topological polar surface area (TPSA) is 42.3 Å². The second-order valence-electron chi connectivity index (χ2n) is 5.15. The molecule has 1 heterocycles. The molecule has 0 saturated heterocycles. The maximum Gasteiger partial charge on any atom is 0.204 e. The fourth-order valence-electron chi connectivity index (χ4n) is 2.23. The summed E-state index contributed by atoms with van der Waals surface area (Å²) in [5.41, 5.74) is 3.43. The first-order chi connectivity index (χ1) is 10.1. The molecule has 1 N–H and O–H groups in total. The van der Waals surface area contributed by atoms with E-state index in [9.17, 15) is 0 Å². The van der Waals surface area contributed by atoms with Gasteiger partial charge in [-0.05, 0) is 13.0 Å².